The summed E-state index contributed by atoms with van der Waals surface area (Å²) in [6.07, 6.45) is 3.06. The smallest absolute Gasteiger partial charge is 0.135 e. The van der Waals surface area contributed by atoms with Crippen LogP contribution >= 0.6 is 0 Å². The predicted octanol–water partition coefficient (Wildman–Crippen LogP) is 2.60. The lowest BCUT2D eigenvalue weighted by atomic mass is 9.80. The molecule has 16 heavy (non-hydrogen) atoms. The van der Waals surface area contributed by atoms with E-state index < -0.39 is 5.60 Å². The first-order chi connectivity index (χ1) is 7.74. The largest absolute Gasteiger partial charge is 0.300 e. The first-order valence-corrected chi connectivity index (χ1v) is 5.62. The average molecular weight is 220 g/mol. The molecule has 1 atom stereocenters. The van der Waals surface area contributed by atoms with Gasteiger partial charge in [-0.25, -0.2) is 4.89 Å². The number of ketones is 1. The van der Waals surface area contributed by atoms with Crippen molar-refractivity contribution < 1.29 is 14.9 Å². The Balaban J connectivity index is 2.13. The molecule has 0 aliphatic heterocycles. The van der Waals surface area contributed by atoms with Crippen LogP contribution in [-0.4, -0.2) is 16.6 Å². The topological polar surface area (TPSA) is 46.5 Å². The molecule has 1 fully saturated rings. The first kappa shape index (κ1) is 11.3. The molecular weight excluding hydrogens is 204 g/mol. The van der Waals surface area contributed by atoms with E-state index in [1.807, 2.05) is 30.3 Å². The molecule has 86 valence electrons. The SMILES string of the molecule is O=C1CCCC(Cc2ccccc2)(OO)C1. The number of benzene rings is 1. The Morgan fingerprint density at radius 1 is 1.31 bits per heavy atom. The number of carbonyl (C=O) groups is 1. The van der Waals surface area contributed by atoms with E-state index >= 15 is 0 Å². The van der Waals surface area contributed by atoms with Gasteiger partial charge in [0, 0.05) is 19.3 Å². The number of carbonyl (C=O) groups excluding carboxylic acids is 1. The average Bonchev–Trinajstić information content (AvgIpc) is 2.30. The van der Waals surface area contributed by atoms with Gasteiger partial charge in [-0.05, 0) is 18.4 Å². The van der Waals surface area contributed by atoms with Crippen LogP contribution in [0.4, 0.5) is 0 Å². The molecule has 1 aliphatic carbocycles. The quantitative estimate of drug-likeness (QED) is 0.629. The first-order valence-electron chi connectivity index (χ1n) is 5.62. The summed E-state index contributed by atoms with van der Waals surface area (Å²) in [4.78, 5) is 16.1. The van der Waals surface area contributed by atoms with Crippen LogP contribution in [0, 0.1) is 0 Å². The zero-order chi connectivity index (χ0) is 11.4. The highest BCUT2D eigenvalue weighted by molar-refractivity contribution is 5.80. The third-order valence-electron chi connectivity index (χ3n) is 3.17. The fourth-order valence-electron chi connectivity index (χ4n) is 2.37. The van der Waals surface area contributed by atoms with Crippen molar-refractivity contribution in [3.63, 3.8) is 0 Å². The van der Waals surface area contributed by atoms with Gasteiger partial charge < -0.3 is 0 Å². The van der Waals surface area contributed by atoms with Gasteiger partial charge in [-0.3, -0.25) is 10.1 Å². The van der Waals surface area contributed by atoms with Crippen molar-refractivity contribution in [1.82, 2.24) is 0 Å². The molecule has 0 spiro atoms. The van der Waals surface area contributed by atoms with Gasteiger partial charge >= 0.3 is 0 Å². The summed E-state index contributed by atoms with van der Waals surface area (Å²) in [5.41, 5.74) is 0.391. The zero-order valence-corrected chi connectivity index (χ0v) is 9.19. The van der Waals surface area contributed by atoms with Crippen molar-refractivity contribution in [2.24, 2.45) is 0 Å². The van der Waals surface area contributed by atoms with Gasteiger partial charge in [0.25, 0.3) is 0 Å². The van der Waals surface area contributed by atoms with Gasteiger partial charge in [0.1, 0.15) is 11.4 Å². The minimum Gasteiger partial charge on any atom is -0.300 e. The van der Waals surface area contributed by atoms with Crippen molar-refractivity contribution in [2.45, 2.75) is 37.7 Å². The summed E-state index contributed by atoms with van der Waals surface area (Å²) in [7, 11) is 0. The maximum atomic E-state index is 11.4. The van der Waals surface area contributed by atoms with Crippen molar-refractivity contribution in [3.05, 3.63) is 35.9 Å². The molecule has 3 heteroatoms. The highest BCUT2D eigenvalue weighted by atomic mass is 17.1. The Morgan fingerprint density at radius 2 is 2.06 bits per heavy atom. The van der Waals surface area contributed by atoms with Gasteiger partial charge in [0.15, 0.2) is 0 Å². The summed E-state index contributed by atoms with van der Waals surface area (Å²) in [6, 6.07) is 9.82. The summed E-state index contributed by atoms with van der Waals surface area (Å²) in [6.45, 7) is 0. The van der Waals surface area contributed by atoms with E-state index in [4.69, 9.17) is 5.26 Å². The van der Waals surface area contributed by atoms with Gasteiger partial charge in [-0.15, -0.1) is 0 Å². The minimum absolute atomic E-state index is 0.177. The number of Topliss-reactive ketones (excluding diaryl/α,β-unsaturated/α-hetero) is 1. The molecule has 0 amide bonds. The van der Waals surface area contributed by atoms with E-state index in [-0.39, 0.29) is 5.78 Å². The summed E-state index contributed by atoms with van der Waals surface area (Å²) in [5.74, 6) is 0.177. The summed E-state index contributed by atoms with van der Waals surface area (Å²) < 4.78 is 0. The molecule has 1 N–H and O–H groups in total. The molecule has 0 saturated heterocycles. The molecule has 0 radical (unpaired) electrons. The molecule has 2 rings (SSSR count). The van der Waals surface area contributed by atoms with Gasteiger partial charge in [-0.2, -0.15) is 0 Å². The molecule has 0 aromatic heterocycles. The fourth-order valence-corrected chi connectivity index (χ4v) is 2.37. The molecule has 1 aromatic carbocycles. The minimum atomic E-state index is -0.698. The molecule has 1 aliphatic rings. The predicted molar refractivity (Wildman–Crippen MR) is 60.1 cm³/mol. The summed E-state index contributed by atoms with van der Waals surface area (Å²) in [5, 5.41) is 9.07. The third-order valence-corrected chi connectivity index (χ3v) is 3.17. The fraction of sp³-hybridized carbons (Fsp3) is 0.462. The lowest BCUT2D eigenvalue weighted by Gasteiger charge is -2.33. The van der Waals surface area contributed by atoms with Crippen LogP contribution < -0.4 is 0 Å². The van der Waals surface area contributed by atoms with Crippen LogP contribution in [0.5, 0.6) is 0 Å². The van der Waals surface area contributed by atoms with Crippen LogP contribution in [-0.2, 0) is 16.1 Å². The van der Waals surface area contributed by atoms with Crippen LogP contribution in [0.2, 0.25) is 0 Å². The second-order valence-corrected chi connectivity index (χ2v) is 4.51. The Bertz CT molecular complexity index is 361. The van der Waals surface area contributed by atoms with Gasteiger partial charge in [0.05, 0.1) is 0 Å². The Hall–Kier alpha value is -1.19. The van der Waals surface area contributed by atoms with Crippen molar-refractivity contribution >= 4 is 5.78 Å². The second kappa shape index (κ2) is 4.76. The number of hydrogen-bond donors (Lipinski definition) is 1. The molecule has 0 heterocycles. The van der Waals surface area contributed by atoms with Crippen molar-refractivity contribution in [3.8, 4) is 0 Å². The van der Waals surface area contributed by atoms with Crippen LogP contribution in [0.3, 0.4) is 0 Å². The van der Waals surface area contributed by atoms with E-state index in [9.17, 15) is 4.79 Å². The monoisotopic (exact) mass is 220 g/mol. The standard InChI is InChI=1S/C13H16O3/c14-12-7-4-8-13(10-12,16-15)9-11-5-2-1-3-6-11/h1-3,5-6,15H,4,7-10H2. The maximum Gasteiger partial charge on any atom is 0.135 e. The van der Waals surface area contributed by atoms with Gasteiger partial charge in [-0.1, -0.05) is 30.3 Å². The molecule has 1 saturated carbocycles. The van der Waals surface area contributed by atoms with E-state index in [1.54, 1.807) is 0 Å². The lowest BCUT2D eigenvalue weighted by Crippen LogP contribution is -2.39. The van der Waals surface area contributed by atoms with Crippen molar-refractivity contribution in [1.29, 1.82) is 0 Å². The van der Waals surface area contributed by atoms with Crippen LogP contribution in [0.1, 0.15) is 31.2 Å². The van der Waals surface area contributed by atoms with E-state index in [1.165, 1.54) is 0 Å². The number of hydrogen-bond acceptors (Lipinski definition) is 3. The Kier molecular flexibility index (Phi) is 3.36. The van der Waals surface area contributed by atoms with Crippen LogP contribution in [0.15, 0.2) is 30.3 Å². The van der Waals surface area contributed by atoms with E-state index in [0.29, 0.717) is 19.3 Å². The summed E-state index contributed by atoms with van der Waals surface area (Å²) >= 11 is 0. The zero-order valence-electron chi connectivity index (χ0n) is 9.19. The number of rotatable bonds is 3. The van der Waals surface area contributed by atoms with E-state index in [2.05, 4.69) is 4.89 Å². The lowest BCUT2D eigenvalue weighted by molar-refractivity contribution is -0.326. The second-order valence-electron chi connectivity index (χ2n) is 4.51. The van der Waals surface area contributed by atoms with Crippen molar-refractivity contribution in [2.75, 3.05) is 0 Å². The van der Waals surface area contributed by atoms with Crippen LogP contribution in [0.25, 0.3) is 0 Å². The highest BCUT2D eigenvalue weighted by Gasteiger charge is 2.37. The van der Waals surface area contributed by atoms with Gasteiger partial charge in [0.2, 0.25) is 0 Å². The normalized spacial score (nSPS) is 25.7. The molecule has 1 unspecified atom stereocenters. The maximum absolute atomic E-state index is 11.4. The third kappa shape index (κ3) is 2.49. The molecule has 0 bridgehead atoms. The molecular formula is C13H16O3. The molecule has 3 nitrogen and oxygen atoms in total. The molecule has 1 aromatic rings. The van der Waals surface area contributed by atoms with E-state index in [0.717, 1.165) is 18.4 Å². The highest BCUT2D eigenvalue weighted by Crippen LogP contribution is 2.32. The Labute approximate surface area is 95.0 Å². The Morgan fingerprint density at radius 3 is 2.69 bits per heavy atom.